The summed E-state index contributed by atoms with van der Waals surface area (Å²) in [4.78, 5) is 29.5. The number of carbonyl (C=O) groups excluding carboxylic acids is 2. The van der Waals surface area contributed by atoms with Gasteiger partial charge in [-0.25, -0.2) is 13.2 Å². The molecule has 7 nitrogen and oxygen atoms in total. The third kappa shape index (κ3) is 7.41. The molecule has 2 amide bonds. The summed E-state index contributed by atoms with van der Waals surface area (Å²) in [6.07, 6.45) is 2.10. The highest BCUT2D eigenvalue weighted by molar-refractivity contribution is 5.94. The SMILES string of the molecule is NC(=O)c1cc(-c2cccnc2C(Cc2cc(F)cc(F)c2)NC(=O)Cn2cc(C3=CCCCC3)c(C(F)(F)F)n2)ccc1F. The van der Waals surface area contributed by atoms with Crippen LogP contribution >= 0.6 is 0 Å². The molecule has 2 heterocycles. The van der Waals surface area contributed by atoms with E-state index in [1.807, 2.05) is 0 Å². The zero-order valence-corrected chi connectivity index (χ0v) is 23.7. The van der Waals surface area contributed by atoms with E-state index in [9.17, 15) is 35.9 Å². The highest BCUT2D eigenvalue weighted by Crippen LogP contribution is 2.37. The molecule has 1 aliphatic rings. The third-order valence-corrected chi connectivity index (χ3v) is 7.38. The second-order valence-electron chi connectivity index (χ2n) is 10.7. The van der Waals surface area contributed by atoms with Gasteiger partial charge < -0.3 is 11.1 Å². The number of alkyl halides is 3. The zero-order chi connectivity index (χ0) is 32.3. The molecule has 0 bridgehead atoms. The van der Waals surface area contributed by atoms with Crippen molar-refractivity contribution in [2.45, 2.75) is 50.9 Å². The quantitative estimate of drug-likeness (QED) is 0.206. The smallest absolute Gasteiger partial charge is 0.366 e. The lowest BCUT2D eigenvalue weighted by Gasteiger charge is -2.22. The Kier molecular flexibility index (Phi) is 9.07. The van der Waals surface area contributed by atoms with E-state index in [0.29, 0.717) is 35.6 Å². The van der Waals surface area contributed by atoms with Gasteiger partial charge in [-0.15, -0.1) is 0 Å². The van der Waals surface area contributed by atoms with Gasteiger partial charge in [0.2, 0.25) is 5.91 Å². The van der Waals surface area contributed by atoms with Crippen LogP contribution in [0.25, 0.3) is 16.7 Å². The van der Waals surface area contributed by atoms with Crippen LogP contribution in [0.1, 0.15) is 64.6 Å². The van der Waals surface area contributed by atoms with Crippen molar-refractivity contribution >= 4 is 17.4 Å². The number of pyridine rings is 1. The van der Waals surface area contributed by atoms with E-state index in [4.69, 9.17) is 5.73 Å². The standard InChI is InChI=1S/C32H27F6N5O2/c33-21-11-18(12-22(34)15-21)13-27(29-23(7-4-10-40-29)20-8-9-26(35)24(14-20)31(39)45)41-28(44)17-43-16-25(19-5-2-1-3-6-19)30(42-43)32(36,37)38/h4-5,7-12,14-16,27H,1-3,6,13,17H2,(H2,39,45)(H,41,44). The van der Waals surface area contributed by atoms with E-state index in [2.05, 4.69) is 15.4 Å². The molecule has 2 aromatic heterocycles. The fraction of sp³-hybridized carbons (Fsp3) is 0.250. The summed E-state index contributed by atoms with van der Waals surface area (Å²) in [6.45, 7) is -0.602. The molecule has 1 unspecified atom stereocenters. The van der Waals surface area contributed by atoms with Crippen molar-refractivity contribution in [1.29, 1.82) is 0 Å². The van der Waals surface area contributed by atoms with E-state index in [0.717, 1.165) is 35.7 Å². The summed E-state index contributed by atoms with van der Waals surface area (Å²) < 4.78 is 85.0. The molecule has 1 aliphatic carbocycles. The maximum Gasteiger partial charge on any atom is 0.435 e. The van der Waals surface area contributed by atoms with Crippen molar-refractivity contribution in [2.75, 3.05) is 0 Å². The van der Waals surface area contributed by atoms with Gasteiger partial charge in [0.25, 0.3) is 5.91 Å². The molecule has 45 heavy (non-hydrogen) atoms. The van der Waals surface area contributed by atoms with E-state index >= 15 is 0 Å². The van der Waals surface area contributed by atoms with E-state index < -0.39 is 59.3 Å². The molecule has 0 saturated carbocycles. The fourth-order valence-corrected chi connectivity index (χ4v) is 5.42. The summed E-state index contributed by atoms with van der Waals surface area (Å²) >= 11 is 0. The molecule has 0 radical (unpaired) electrons. The Morgan fingerprint density at radius 2 is 1.76 bits per heavy atom. The lowest BCUT2D eigenvalue weighted by Crippen LogP contribution is -2.34. The molecular formula is C32H27F6N5O2. The number of hydrogen-bond donors (Lipinski definition) is 2. The summed E-state index contributed by atoms with van der Waals surface area (Å²) in [6, 6.07) is 8.50. The first-order valence-electron chi connectivity index (χ1n) is 14.0. The summed E-state index contributed by atoms with van der Waals surface area (Å²) in [5.41, 5.74) is 5.23. The van der Waals surface area contributed by atoms with Crippen LogP contribution in [0.4, 0.5) is 26.3 Å². The zero-order valence-electron chi connectivity index (χ0n) is 23.7. The van der Waals surface area contributed by atoms with E-state index in [1.165, 1.54) is 24.5 Å². The first-order valence-corrected chi connectivity index (χ1v) is 14.0. The number of nitrogens with zero attached hydrogens (tertiary/aromatic N) is 3. The maximum atomic E-state index is 14.2. The highest BCUT2D eigenvalue weighted by Gasteiger charge is 2.38. The summed E-state index contributed by atoms with van der Waals surface area (Å²) in [5.74, 6) is -4.34. The normalized spacial score (nSPS) is 14.1. The predicted molar refractivity (Wildman–Crippen MR) is 153 cm³/mol. The lowest BCUT2D eigenvalue weighted by atomic mass is 9.94. The molecule has 3 N–H and O–H groups in total. The predicted octanol–water partition coefficient (Wildman–Crippen LogP) is 6.54. The molecule has 0 spiro atoms. The van der Waals surface area contributed by atoms with Gasteiger partial charge in [0.15, 0.2) is 5.69 Å². The number of nitrogens with two attached hydrogens (primary N) is 1. The van der Waals surface area contributed by atoms with Crippen LogP contribution in [0.15, 0.2) is 67.0 Å². The van der Waals surface area contributed by atoms with Crippen LogP contribution in [0.3, 0.4) is 0 Å². The average molecular weight is 628 g/mol. The van der Waals surface area contributed by atoms with Gasteiger partial charge in [0.05, 0.1) is 17.3 Å². The Balaban J connectivity index is 1.50. The second kappa shape index (κ2) is 13.0. The Morgan fingerprint density at radius 1 is 1.00 bits per heavy atom. The number of nitrogens with one attached hydrogen (secondary N) is 1. The van der Waals surface area contributed by atoms with Crippen molar-refractivity contribution in [1.82, 2.24) is 20.1 Å². The number of carbonyl (C=O) groups is 2. The molecule has 0 saturated heterocycles. The van der Waals surface area contributed by atoms with Gasteiger partial charge >= 0.3 is 6.18 Å². The Hall–Kier alpha value is -4.94. The van der Waals surface area contributed by atoms with Gasteiger partial charge in [0.1, 0.15) is 24.0 Å². The number of aromatic nitrogens is 3. The number of amides is 2. The van der Waals surface area contributed by atoms with Gasteiger partial charge in [-0.05, 0) is 79.1 Å². The molecule has 2 aromatic carbocycles. The van der Waals surface area contributed by atoms with Gasteiger partial charge in [-0.3, -0.25) is 19.3 Å². The lowest BCUT2D eigenvalue weighted by molar-refractivity contribution is -0.142. The number of rotatable bonds is 9. The summed E-state index contributed by atoms with van der Waals surface area (Å²) in [5, 5.41) is 6.39. The molecule has 4 aromatic rings. The van der Waals surface area contributed by atoms with Crippen molar-refractivity contribution < 1.29 is 35.9 Å². The van der Waals surface area contributed by atoms with Crippen LogP contribution in [0, 0.1) is 17.5 Å². The molecule has 0 fully saturated rings. The molecule has 0 aliphatic heterocycles. The third-order valence-electron chi connectivity index (χ3n) is 7.38. The molecular weight excluding hydrogens is 600 g/mol. The van der Waals surface area contributed by atoms with Crippen molar-refractivity contribution in [3.05, 3.63) is 113 Å². The molecule has 13 heteroatoms. The monoisotopic (exact) mass is 627 g/mol. The fourth-order valence-electron chi connectivity index (χ4n) is 5.42. The van der Waals surface area contributed by atoms with Crippen LogP contribution in [0.2, 0.25) is 0 Å². The number of halogens is 6. The van der Waals surface area contributed by atoms with E-state index in [1.54, 1.807) is 18.2 Å². The molecule has 5 rings (SSSR count). The van der Waals surface area contributed by atoms with Crippen LogP contribution < -0.4 is 11.1 Å². The van der Waals surface area contributed by atoms with Gasteiger partial charge in [0, 0.05) is 29.6 Å². The minimum Gasteiger partial charge on any atom is -0.366 e. The minimum absolute atomic E-state index is 0.0876. The Morgan fingerprint density at radius 3 is 2.42 bits per heavy atom. The minimum atomic E-state index is -4.75. The van der Waals surface area contributed by atoms with Crippen LogP contribution in [0.5, 0.6) is 0 Å². The van der Waals surface area contributed by atoms with Gasteiger partial charge in [-0.2, -0.15) is 18.3 Å². The number of benzene rings is 2. The van der Waals surface area contributed by atoms with Crippen LogP contribution in [-0.4, -0.2) is 26.6 Å². The highest BCUT2D eigenvalue weighted by atomic mass is 19.4. The molecule has 234 valence electrons. The second-order valence-corrected chi connectivity index (χ2v) is 10.7. The first-order chi connectivity index (χ1) is 21.4. The first kappa shape index (κ1) is 31.5. The number of hydrogen-bond acceptors (Lipinski definition) is 4. The average Bonchev–Trinajstić information content (AvgIpc) is 3.41. The Bertz CT molecular complexity index is 1760. The van der Waals surface area contributed by atoms with Crippen molar-refractivity contribution in [3.63, 3.8) is 0 Å². The number of primary amides is 1. The number of allylic oxidation sites excluding steroid dienone is 2. The maximum absolute atomic E-state index is 14.2. The summed E-state index contributed by atoms with van der Waals surface area (Å²) in [7, 11) is 0. The van der Waals surface area contributed by atoms with E-state index in [-0.39, 0.29) is 23.2 Å². The van der Waals surface area contributed by atoms with Crippen molar-refractivity contribution in [2.24, 2.45) is 5.73 Å². The Labute approximate surface area is 253 Å². The largest absolute Gasteiger partial charge is 0.435 e. The van der Waals surface area contributed by atoms with Crippen LogP contribution in [-0.2, 0) is 23.9 Å². The van der Waals surface area contributed by atoms with Crippen molar-refractivity contribution in [3.8, 4) is 11.1 Å². The topological polar surface area (TPSA) is 103 Å². The molecule has 1 atom stereocenters. The van der Waals surface area contributed by atoms with Gasteiger partial charge in [-0.1, -0.05) is 18.2 Å².